The topological polar surface area (TPSA) is 104 Å². The molecule has 0 saturated heterocycles. The number of fused-ring (bicyclic) bond motifs is 1. The predicted octanol–water partition coefficient (Wildman–Crippen LogP) is 4.61. The SMILES string of the molecule is CCCC1=C(C(=O)OCC)[C@H](c2ccc(C(C)C)cc2)n2c(s/c(=C\c3cccc([N+](=O)[O-])c3)c2=O)=N1. The summed E-state index contributed by atoms with van der Waals surface area (Å²) in [6.45, 7) is 8.18. The summed E-state index contributed by atoms with van der Waals surface area (Å²) in [4.78, 5) is 43.0. The lowest BCUT2D eigenvalue weighted by atomic mass is 9.92. The summed E-state index contributed by atoms with van der Waals surface area (Å²) in [6, 6.07) is 13.4. The Hall–Kier alpha value is -3.85. The molecule has 0 amide bonds. The number of ether oxygens (including phenoxy) is 1. The predicted molar refractivity (Wildman–Crippen MR) is 143 cm³/mol. The minimum Gasteiger partial charge on any atom is -0.463 e. The minimum absolute atomic E-state index is 0.0560. The number of carbonyl (C=O) groups excluding carboxylic acids is 1. The van der Waals surface area contributed by atoms with E-state index in [1.807, 2.05) is 31.2 Å². The molecule has 0 N–H and O–H groups in total. The molecule has 2 aromatic carbocycles. The highest BCUT2D eigenvalue weighted by atomic mass is 32.1. The van der Waals surface area contributed by atoms with Crippen molar-refractivity contribution in [1.82, 2.24) is 4.57 Å². The van der Waals surface area contributed by atoms with Crippen LogP contribution in [0.15, 0.2) is 69.6 Å². The number of aromatic nitrogens is 1. The molecule has 8 nitrogen and oxygen atoms in total. The van der Waals surface area contributed by atoms with Gasteiger partial charge in [0.05, 0.1) is 33.4 Å². The summed E-state index contributed by atoms with van der Waals surface area (Å²) in [5, 5.41) is 11.2. The Kier molecular flexibility index (Phi) is 7.83. The normalized spacial score (nSPS) is 15.5. The summed E-state index contributed by atoms with van der Waals surface area (Å²) in [7, 11) is 0. The average molecular weight is 520 g/mol. The van der Waals surface area contributed by atoms with E-state index < -0.39 is 16.9 Å². The quantitative estimate of drug-likeness (QED) is 0.246. The Balaban J connectivity index is 1.97. The molecule has 37 heavy (non-hydrogen) atoms. The van der Waals surface area contributed by atoms with Gasteiger partial charge in [-0.2, -0.15) is 0 Å². The lowest BCUT2D eigenvalue weighted by Crippen LogP contribution is -2.40. The summed E-state index contributed by atoms with van der Waals surface area (Å²) >= 11 is 1.21. The number of hydrogen-bond donors (Lipinski definition) is 0. The molecular formula is C28H29N3O5S. The third-order valence-corrected chi connectivity index (χ3v) is 7.17. The molecule has 9 heteroatoms. The number of thiazole rings is 1. The van der Waals surface area contributed by atoms with Crippen molar-refractivity contribution < 1.29 is 14.5 Å². The Morgan fingerprint density at radius 2 is 1.95 bits per heavy atom. The van der Waals surface area contributed by atoms with Crippen LogP contribution in [0.25, 0.3) is 6.08 Å². The maximum absolute atomic E-state index is 13.8. The van der Waals surface area contributed by atoms with Crippen molar-refractivity contribution >= 4 is 29.1 Å². The zero-order valence-electron chi connectivity index (χ0n) is 21.3. The third-order valence-electron chi connectivity index (χ3n) is 6.19. The van der Waals surface area contributed by atoms with Crippen molar-refractivity contribution in [2.75, 3.05) is 6.61 Å². The van der Waals surface area contributed by atoms with Crippen molar-refractivity contribution in [2.24, 2.45) is 4.99 Å². The van der Waals surface area contributed by atoms with Crippen molar-refractivity contribution in [1.29, 1.82) is 0 Å². The standard InChI is InChI=1S/C28H29N3O5S/c1-5-8-22-24(27(33)36-6-2)25(20-13-11-19(12-14-20)17(3)4)30-26(32)23(37-28(30)29-22)16-18-9-7-10-21(15-18)31(34)35/h7,9-17,25H,5-6,8H2,1-4H3/b23-16-/t25-/m0/s1. The summed E-state index contributed by atoms with van der Waals surface area (Å²) in [5.41, 5.74) is 3.09. The fourth-order valence-electron chi connectivity index (χ4n) is 4.38. The summed E-state index contributed by atoms with van der Waals surface area (Å²) in [5.74, 6) is -0.151. The number of nitro groups is 1. The van der Waals surface area contributed by atoms with Gasteiger partial charge >= 0.3 is 5.97 Å². The van der Waals surface area contributed by atoms with Gasteiger partial charge in [0, 0.05) is 12.1 Å². The molecule has 0 bridgehead atoms. The number of nitro benzene ring substituents is 1. The second-order valence-electron chi connectivity index (χ2n) is 9.09. The van der Waals surface area contributed by atoms with Crippen molar-refractivity contribution in [3.63, 3.8) is 0 Å². The van der Waals surface area contributed by atoms with Gasteiger partial charge in [0.25, 0.3) is 11.2 Å². The van der Waals surface area contributed by atoms with Gasteiger partial charge in [-0.25, -0.2) is 9.79 Å². The summed E-state index contributed by atoms with van der Waals surface area (Å²) < 4.78 is 7.35. The summed E-state index contributed by atoms with van der Waals surface area (Å²) in [6.07, 6.45) is 2.96. The molecule has 0 spiro atoms. The van der Waals surface area contributed by atoms with Crippen LogP contribution in [-0.4, -0.2) is 22.1 Å². The molecule has 0 aliphatic carbocycles. The fraction of sp³-hybridized carbons (Fsp3) is 0.321. The van der Waals surface area contributed by atoms with E-state index in [0.717, 1.165) is 17.5 Å². The van der Waals surface area contributed by atoms with Crippen molar-refractivity contribution in [3.8, 4) is 0 Å². The smallest absolute Gasteiger partial charge is 0.338 e. The van der Waals surface area contributed by atoms with Crippen molar-refractivity contribution in [2.45, 2.75) is 52.5 Å². The van der Waals surface area contributed by atoms with E-state index in [1.54, 1.807) is 29.7 Å². The van der Waals surface area contributed by atoms with Crippen LogP contribution in [0.3, 0.4) is 0 Å². The molecule has 1 aliphatic rings. The maximum Gasteiger partial charge on any atom is 0.338 e. The van der Waals surface area contributed by atoms with Crippen molar-refractivity contribution in [3.05, 3.63) is 106 Å². The van der Waals surface area contributed by atoms with Gasteiger partial charge in [-0.1, -0.05) is 74.9 Å². The van der Waals surface area contributed by atoms with Crippen LogP contribution in [0, 0.1) is 10.1 Å². The van der Waals surface area contributed by atoms with Gasteiger partial charge in [0.15, 0.2) is 4.80 Å². The van der Waals surface area contributed by atoms with Gasteiger partial charge in [-0.3, -0.25) is 19.5 Å². The molecule has 0 fully saturated rings. The molecule has 2 heterocycles. The minimum atomic E-state index is -0.690. The van der Waals surface area contributed by atoms with E-state index in [0.29, 0.717) is 38.5 Å². The fourth-order valence-corrected chi connectivity index (χ4v) is 5.40. The third kappa shape index (κ3) is 5.32. The Labute approximate surface area is 218 Å². The second-order valence-corrected chi connectivity index (χ2v) is 10.1. The molecule has 192 valence electrons. The zero-order chi connectivity index (χ0) is 26.7. The van der Waals surface area contributed by atoms with E-state index in [2.05, 4.69) is 13.8 Å². The van der Waals surface area contributed by atoms with E-state index in [1.165, 1.54) is 23.5 Å². The highest BCUT2D eigenvalue weighted by Crippen LogP contribution is 2.33. The number of esters is 1. The van der Waals surface area contributed by atoms with Crippen LogP contribution < -0.4 is 14.9 Å². The van der Waals surface area contributed by atoms with Gasteiger partial charge in [-0.15, -0.1) is 0 Å². The Morgan fingerprint density at radius 1 is 1.22 bits per heavy atom. The number of benzene rings is 2. The monoisotopic (exact) mass is 519 g/mol. The van der Waals surface area contributed by atoms with Crippen LogP contribution >= 0.6 is 11.3 Å². The first-order valence-electron chi connectivity index (χ1n) is 12.3. The van der Waals surface area contributed by atoms with E-state index >= 15 is 0 Å². The van der Waals surface area contributed by atoms with Crippen LogP contribution in [0.5, 0.6) is 0 Å². The maximum atomic E-state index is 13.8. The number of hydrogen-bond acceptors (Lipinski definition) is 7. The molecule has 0 unspecified atom stereocenters. The Bertz CT molecular complexity index is 1550. The first-order chi connectivity index (χ1) is 17.7. The van der Waals surface area contributed by atoms with Gasteiger partial charge in [0.2, 0.25) is 0 Å². The number of rotatable bonds is 8. The van der Waals surface area contributed by atoms with Gasteiger partial charge in [0.1, 0.15) is 0 Å². The number of allylic oxidation sites excluding steroid dienone is 1. The van der Waals surface area contributed by atoms with Gasteiger partial charge < -0.3 is 4.74 Å². The lowest BCUT2D eigenvalue weighted by molar-refractivity contribution is -0.384. The number of carbonyl (C=O) groups is 1. The molecule has 3 aromatic rings. The molecule has 0 radical (unpaired) electrons. The van der Waals surface area contributed by atoms with E-state index in [4.69, 9.17) is 9.73 Å². The molecule has 1 aromatic heterocycles. The van der Waals surface area contributed by atoms with E-state index in [9.17, 15) is 19.7 Å². The van der Waals surface area contributed by atoms with Crippen LogP contribution in [0.2, 0.25) is 0 Å². The first kappa shape index (κ1) is 26.2. The highest BCUT2D eigenvalue weighted by molar-refractivity contribution is 7.07. The first-order valence-corrected chi connectivity index (χ1v) is 13.1. The van der Waals surface area contributed by atoms with Crippen LogP contribution in [0.4, 0.5) is 5.69 Å². The van der Waals surface area contributed by atoms with Crippen LogP contribution in [-0.2, 0) is 9.53 Å². The zero-order valence-corrected chi connectivity index (χ0v) is 22.1. The van der Waals surface area contributed by atoms with E-state index in [-0.39, 0.29) is 17.9 Å². The average Bonchev–Trinajstić information content (AvgIpc) is 3.18. The highest BCUT2D eigenvalue weighted by Gasteiger charge is 2.34. The largest absolute Gasteiger partial charge is 0.463 e. The molecule has 0 saturated carbocycles. The van der Waals surface area contributed by atoms with Gasteiger partial charge in [-0.05, 0) is 42.0 Å². The number of nitrogens with zero attached hydrogens (tertiary/aromatic N) is 3. The molecule has 1 atom stereocenters. The molecule has 4 rings (SSSR count). The van der Waals surface area contributed by atoms with Crippen LogP contribution in [0.1, 0.15) is 69.2 Å². The Morgan fingerprint density at radius 3 is 2.57 bits per heavy atom. The number of non-ortho nitro benzene ring substituents is 1. The second kappa shape index (κ2) is 11.0. The molecular weight excluding hydrogens is 490 g/mol. The lowest BCUT2D eigenvalue weighted by Gasteiger charge is -2.26. The molecule has 1 aliphatic heterocycles.